The van der Waals surface area contributed by atoms with Crippen LogP contribution in [0.25, 0.3) is 0 Å². The Morgan fingerprint density at radius 3 is 1.38 bits per heavy atom. The van der Waals surface area contributed by atoms with Crippen LogP contribution in [0.3, 0.4) is 0 Å². The van der Waals surface area contributed by atoms with E-state index >= 15 is 0 Å². The molecule has 0 spiro atoms. The van der Waals surface area contributed by atoms with E-state index in [0.29, 0.717) is 60.8 Å². The normalized spacial score (nSPS) is 16.9. The van der Waals surface area contributed by atoms with Crippen molar-refractivity contribution in [2.75, 3.05) is 0 Å². The first kappa shape index (κ1) is 25.2. The zero-order valence-corrected chi connectivity index (χ0v) is 19.2. The molecule has 0 saturated heterocycles. The molecule has 6 nitrogen and oxygen atoms in total. The van der Waals surface area contributed by atoms with Gasteiger partial charge in [-0.15, -0.1) is 0 Å². The standard InChI is InChI=1S/C26H32O6/c1-25(2,23(29)30)15-5-7-17-9-11-19(21(17)27)13-14-20-12-10-18(22(20)28)8-6-16-26(3,4)24(31)32/h9-14H,5-8,15-16H2,1-4H3,(H,29,30)(H,31,32). The van der Waals surface area contributed by atoms with Crippen molar-refractivity contribution < 1.29 is 29.4 Å². The van der Waals surface area contributed by atoms with Crippen LogP contribution in [0.5, 0.6) is 0 Å². The number of hydrogen-bond acceptors (Lipinski definition) is 4. The largest absolute Gasteiger partial charge is 0.481 e. The van der Waals surface area contributed by atoms with Gasteiger partial charge in [0.15, 0.2) is 11.6 Å². The Bertz CT molecular complexity index is 888. The molecule has 2 aliphatic rings. The quantitative estimate of drug-likeness (QED) is 0.443. The van der Waals surface area contributed by atoms with Crippen LogP contribution >= 0.6 is 0 Å². The number of allylic oxidation sites excluding steroid dienone is 10. The van der Waals surface area contributed by atoms with Crippen LogP contribution in [-0.2, 0) is 19.2 Å². The maximum Gasteiger partial charge on any atom is 0.309 e. The van der Waals surface area contributed by atoms with Crippen molar-refractivity contribution in [3.05, 3.63) is 58.7 Å². The number of Topliss-reactive ketones (excluding diaryl/α,β-unsaturated/α-hetero) is 2. The highest BCUT2D eigenvalue weighted by atomic mass is 16.4. The van der Waals surface area contributed by atoms with E-state index < -0.39 is 22.8 Å². The van der Waals surface area contributed by atoms with Crippen LogP contribution in [0.4, 0.5) is 0 Å². The van der Waals surface area contributed by atoms with Crippen LogP contribution in [0.1, 0.15) is 66.2 Å². The molecule has 0 unspecified atom stereocenters. The summed E-state index contributed by atoms with van der Waals surface area (Å²) in [6.07, 6.45) is 13.5. The van der Waals surface area contributed by atoms with Crippen molar-refractivity contribution in [3.63, 3.8) is 0 Å². The molecule has 172 valence electrons. The predicted molar refractivity (Wildman–Crippen MR) is 122 cm³/mol. The van der Waals surface area contributed by atoms with Gasteiger partial charge in [0.25, 0.3) is 0 Å². The van der Waals surface area contributed by atoms with E-state index in [1.807, 2.05) is 0 Å². The average molecular weight is 441 g/mol. The first-order valence-corrected chi connectivity index (χ1v) is 10.9. The summed E-state index contributed by atoms with van der Waals surface area (Å²) < 4.78 is 0. The van der Waals surface area contributed by atoms with E-state index in [4.69, 9.17) is 0 Å². The van der Waals surface area contributed by atoms with Crippen LogP contribution in [0.15, 0.2) is 58.7 Å². The summed E-state index contributed by atoms with van der Waals surface area (Å²) in [6, 6.07) is 0. The fourth-order valence-corrected chi connectivity index (χ4v) is 3.55. The highest BCUT2D eigenvalue weighted by molar-refractivity contribution is 6.15. The number of carbonyl (C=O) groups excluding carboxylic acids is 2. The summed E-state index contributed by atoms with van der Waals surface area (Å²) in [6.45, 7) is 6.70. The fourth-order valence-electron chi connectivity index (χ4n) is 3.55. The molecule has 0 aromatic carbocycles. The first-order chi connectivity index (χ1) is 14.8. The van der Waals surface area contributed by atoms with Crippen molar-refractivity contribution >= 4 is 23.5 Å². The molecule has 0 bridgehead atoms. The number of carbonyl (C=O) groups is 4. The second kappa shape index (κ2) is 10.1. The smallest absolute Gasteiger partial charge is 0.309 e. The summed E-state index contributed by atoms with van der Waals surface area (Å²) in [5.41, 5.74) is 0.671. The molecule has 6 heteroatoms. The van der Waals surface area contributed by atoms with Crippen molar-refractivity contribution in [3.8, 4) is 0 Å². The van der Waals surface area contributed by atoms with Crippen molar-refractivity contribution in [2.45, 2.75) is 66.2 Å². The van der Waals surface area contributed by atoms with Crippen LogP contribution in [0, 0.1) is 10.8 Å². The lowest BCUT2D eigenvalue weighted by Crippen LogP contribution is -2.23. The summed E-state index contributed by atoms with van der Waals surface area (Å²) >= 11 is 0. The van der Waals surface area contributed by atoms with Gasteiger partial charge in [-0.1, -0.05) is 36.5 Å². The molecule has 0 aromatic rings. The molecule has 0 atom stereocenters. The summed E-state index contributed by atoms with van der Waals surface area (Å²) in [5, 5.41) is 18.4. The minimum atomic E-state index is -0.848. The molecule has 2 rings (SSSR count). The number of carboxylic acid groups (broad SMARTS) is 2. The van der Waals surface area contributed by atoms with E-state index in [0.717, 1.165) is 0 Å². The SMILES string of the molecule is CC(C)(CCCC1=CC=C(C=CC2=CC=C(CCCC(C)(C)C(=O)O)C2=O)C1=O)C(=O)O. The van der Waals surface area contributed by atoms with Gasteiger partial charge in [0.1, 0.15) is 0 Å². The van der Waals surface area contributed by atoms with Gasteiger partial charge >= 0.3 is 11.9 Å². The molecular formula is C26H32O6. The van der Waals surface area contributed by atoms with E-state index in [9.17, 15) is 29.4 Å². The molecule has 0 heterocycles. The Labute approximate surface area is 189 Å². The molecule has 0 fully saturated rings. The second-order valence-corrected chi connectivity index (χ2v) is 9.70. The van der Waals surface area contributed by atoms with Crippen LogP contribution < -0.4 is 0 Å². The molecule has 2 N–H and O–H groups in total. The van der Waals surface area contributed by atoms with E-state index in [2.05, 4.69) is 0 Å². The van der Waals surface area contributed by atoms with Gasteiger partial charge in [0, 0.05) is 22.3 Å². The third kappa shape index (κ3) is 6.25. The number of carboxylic acids is 2. The van der Waals surface area contributed by atoms with Gasteiger partial charge in [-0.3, -0.25) is 19.2 Å². The van der Waals surface area contributed by atoms with Crippen molar-refractivity contribution in [1.29, 1.82) is 0 Å². The topological polar surface area (TPSA) is 109 Å². The number of ketones is 2. The van der Waals surface area contributed by atoms with E-state index in [-0.39, 0.29) is 11.6 Å². The molecule has 32 heavy (non-hydrogen) atoms. The molecular weight excluding hydrogens is 408 g/mol. The van der Waals surface area contributed by atoms with Gasteiger partial charge in [-0.25, -0.2) is 0 Å². The Morgan fingerprint density at radius 1 is 0.719 bits per heavy atom. The first-order valence-electron chi connectivity index (χ1n) is 10.9. The lowest BCUT2D eigenvalue weighted by Gasteiger charge is -2.18. The van der Waals surface area contributed by atoms with Gasteiger partial charge in [0.2, 0.25) is 0 Å². The van der Waals surface area contributed by atoms with Crippen LogP contribution in [0.2, 0.25) is 0 Å². The number of hydrogen-bond donors (Lipinski definition) is 2. The van der Waals surface area contributed by atoms with Crippen molar-refractivity contribution in [1.82, 2.24) is 0 Å². The van der Waals surface area contributed by atoms with E-state index in [1.165, 1.54) is 0 Å². The van der Waals surface area contributed by atoms with Gasteiger partial charge < -0.3 is 10.2 Å². The third-order valence-electron chi connectivity index (χ3n) is 6.13. The Morgan fingerprint density at radius 2 is 1.06 bits per heavy atom. The number of aliphatic carboxylic acids is 2. The second-order valence-electron chi connectivity index (χ2n) is 9.70. The molecule has 0 aliphatic heterocycles. The molecule has 0 saturated carbocycles. The lowest BCUT2D eigenvalue weighted by molar-refractivity contribution is -0.148. The third-order valence-corrected chi connectivity index (χ3v) is 6.13. The van der Waals surface area contributed by atoms with E-state index in [1.54, 1.807) is 64.2 Å². The zero-order chi connectivity index (χ0) is 24.1. The molecule has 0 radical (unpaired) electrons. The Balaban J connectivity index is 1.81. The Kier molecular flexibility index (Phi) is 7.94. The molecule has 0 aromatic heterocycles. The van der Waals surface area contributed by atoms with Gasteiger partial charge in [-0.2, -0.15) is 0 Å². The van der Waals surface area contributed by atoms with Gasteiger partial charge in [-0.05, 0) is 66.2 Å². The van der Waals surface area contributed by atoms with Crippen molar-refractivity contribution in [2.24, 2.45) is 10.8 Å². The maximum atomic E-state index is 12.6. The number of rotatable bonds is 12. The van der Waals surface area contributed by atoms with Gasteiger partial charge in [0.05, 0.1) is 10.8 Å². The monoisotopic (exact) mass is 440 g/mol. The summed E-state index contributed by atoms with van der Waals surface area (Å²) in [5.74, 6) is -1.88. The summed E-state index contributed by atoms with van der Waals surface area (Å²) in [4.78, 5) is 47.5. The average Bonchev–Trinajstić information content (AvgIpc) is 3.22. The fraction of sp³-hybridized carbons (Fsp3) is 0.462. The molecule has 2 aliphatic carbocycles. The highest BCUT2D eigenvalue weighted by Gasteiger charge is 2.28. The summed E-state index contributed by atoms with van der Waals surface area (Å²) in [7, 11) is 0. The molecule has 0 amide bonds. The predicted octanol–water partition coefficient (Wildman–Crippen LogP) is 4.98. The Hall–Kier alpha value is -3.02. The zero-order valence-electron chi connectivity index (χ0n) is 19.2. The highest BCUT2D eigenvalue weighted by Crippen LogP contribution is 2.29. The lowest BCUT2D eigenvalue weighted by atomic mass is 9.86. The van der Waals surface area contributed by atoms with Crippen LogP contribution in [-0.4, -0.2) is 33.7 Å². The maximum absolute atomic E-state index is 12.6. The minimum absolute atomic E-state index is 0.0930. The minimum Gasteiger partial charge on any atom is -0.481 e.